The molecule has 1 fully saturated rings. The Labute approximate surface area is 268 Å². The van der Waals surface area contributed by atoms with Crippen LogP contribution in [-0.4, -0.2) is 77.6 Å². The summed E-state index contributed by atoms with van der Waals surface area (Å²) in [5, 5.41) is 19.6. The highest BCUT2D eigenvalue weighted by atomic mass is 32.2. The van der Waals surface area contributed by atoms with Crippen LogP contribution in [0.5, 0.6) is 11.5 Å². The van der Waals surface area contributed by atoms with Crippen molar-refractivity contribution in [2.45, 2.75) is 24.3 Å². The van der Waals surface area contributed by atoms with Gasteiger partial charge < -0.3 is 14.8 Å². The molecule has 13 nitrogen and oxygen atoms in total. The van der Waals surface area contributed by atoms with Crippen molar-refractivity contribution in [1.29, 1.82) is 0 Å². The Balaban J connectivity index is 1.25. The molecule has 0 unspecified atom stereocenters. The maximum absolute atomic E-state index is 14.1. The van der Waals surface area contributed by atoms with E-state index >= 15 is 0 Å². The molecular formula is C31H30F2N6O7S. The Hall–Kier alpha value is -4.93. The fourth-order valence-electron chi connectivity index (χ4n) is 5.80. The Morgan fingerprint density at radius 3 is 2.47 bits per heavy atom. The molecule has 0 amide bonds. The topological polar surface area (TPSA) is 149 Å². The Morgan fingerprint density at radius 2 is 1.79 bits per heavy atom. The Kier molecular flexibility index (Phi) is 8.90. The molecule has 0 spiro atoms. The van der Waals surface area contributed by atoms with Gasteiger partial charge in [-0.05, 0) is 55.8 Å². The second-order valence-corrected chi connectivity index (χ2v) is 12.7. The van der Waals surface area contributed by atoms with Crippen LogP contribution in [0.15, 0.2) is 71.6 Å². The molecular weight excluding hydrogens is 638 g/mol. The lowest BCUT2D eigenvalue weighted by atomic mass is 10.0. The van der Waals surface area contributed by atoms with Crippen LogP contribution >= 0.6 is 0 Å². The number of sulfonamides is 1. The zero-order chi connectivity index (χ0) is 33.3. The van der Waals surface area contributed by atoms with Crippen molar-refractivity contribution >= 4 is 27.4 Å². The number of para-hydroxylation sites is 1. The summed E-state index contributed by atoms with van der Waals surface area (Å²) in [6, 6.07) is 14.4. The van der Waals surface area contributed by atoms with Crippen LogP contribution in [0.1, 0.15) is 35.6 Å². The summed E-state index contributed by atoms with van der Waals surface area (Å²) in [5.41, 5.74) is 1.29. The van der Waals surface area contributed by atoms with E-state index in [1.807, 2.05) is 0 Å². The van der Waals surface area contributed by atoms with Gasteiger partial charge in [0.2, 0.25) is 10.0 Å². The molecule has 1 aromatic heterocycles. The second kappa shape index (κ2) is 13.1. The third kappa shape index (κ3) is 6.26. The van der Waals surface area contributed by atoms with E-state index in [1.165, 1.54) is 39.3 Å². The lowest BCUT2D eigenvalue weighted by Gasteiger charge is -2.39. The van der Waals surface area contributed by atoms with Gasteiger partial charge in [-0.25, -0.2) is 26.7 Å². The molecule has 0 bridgehead atoms. The van der Waals surface area contributed by atoms with E-state index in [2.05, 4.69) is 10.2 Å². The van der Waals surface area contributed by atoms with Crippen molar-refractivity contribution in [1.82, 2.24) is 19.0 Å². The molecule has 2 aliphatic heterocycles. The van der Waals surface area contributed by atoms with Gasteiger partial charge in [-0.2, -0.15) is 9.40 Å². The maximum Gasteiger partial charge on any atom is 0.359 e. The molecule has 0 aliphatic carbocycles. The van der Waals surface area contributed by atoms with Crippen molar-refractivity contribution in [3.05, 3.63) is 99.9 Å². The van der Waals surface area contributed by atoms with Gasteiger partial charge in [-0.15, -0.1) is 0 Å². The largest absolute Gasteiger partial charge is 0.461 e. The number of carbonyl (C=O) groups is 1. The van der Waals surface area contributed by atoms with Crippen molar-refractivity contribution in [3.8, 4) is 17.2 Å². The number of benzene rings is 3. The second-order valence-electron chi connectivity index (χ2n) is 10.8. The average Bonchev–Trinajstić information content (AvgIpc) is 3.46. The lowest BCUT2D eigenvalue weighted by molar-refractivity contribution is -0.387. The number of nitro benzene ring substituents is 1. The monoisotopic (exact) mass is 668 g/mol. The van der Waals surface area contributed by atoms with Crippen LogP contribution < -0.4 is 10.1 Å². The molecule has 3 heterocycles. The third-order valence-electron chi connectivity index (χ3n) is 8.01. The minimum Gasteiger partial charge on any atom is -0.461 e. The van der Waals surface area contributed by atoms with Gasteiger partial charge in [0.25, 0.3) is 5.69 Å². The summed E-state index contributed by atoms with van der Waals surface area (Å²) in [6.45, 7) is 3.22. The number of aromatic nitrogens is 2. The van der Waals surface area contributed by atoms with E-state index in [1.54, 1.807) is 31.2 Å². The smallest absolute Gasteiger partial charge is 0.359 e. The van der Waals surface area contributed by atoms with E-state index in [4.69, 9.17) is 14.6 Å². The van der Waals surface area contributed by atoms with Gasteiger partial charge in [0.15, 0.2) is 22.2 Å². The van der Waals surface area contributed by atoms with Crippen LogP contribution in [0.25, 0.3) is 5.69 Å². The summed E-state index contributed by atoms with van der Waals surface area (Å²) in [4.78, 5) is 25.8. The molecule has 0 radical (unpaired) electrons. The highest BCUT2D eigenvalue weighted by Gasteiger charge is 2.39. The number of ether oxygens (including phenoxy) is 2. The number of nitrogens with one attached hydrogen (secondary N) is 1. The number of esters is 1. The molecule has 6 rings (SSSR count). The molecule has 246 valence electrons. The van der Waals surface area contributed by atoms with Gasteiger partial charge in [0.1, 0.15) is 17.3 Å². The minimum atomic E-state index is -4.11. The Bertz CT molecular complexity index is 1930. The standard InChI is InChI=1S/C31H30F2N6O7S/c1-2-45-31(40)30-29-28(35-38(30)21-8-10-22(11-9-21)46-26-12-7-20(32)19-23(26)33)25(13-14-34-29)36-15-17-37(18-16-36)47(43,44)27-6-4-3-5-24(27)39(41)42/h3-12,19,25,34H,2,13-18H2,1H3/t25-/m1/s1. The highest BCUT2D eigenvalue weighted by molar-refractivity contribution is 7.89. The summed E-state index contributed by atoms with van der Waals surface area (Å²) < 4.78 is 67.8. The number of rotatable bonds is 9. The van der Waals surface area contributed by atoms with Gasteiger partial charge in [0, 0.05) is 44.9 Å². The first-order valence-corrected chi connectivity index (χ1v) is 16.3. The molecule has 1 atom stereocenters. The molecule has 1 saturated heterocycles. The number of hydrogen-bond donors (Lipinski definition) is 1. The number of anilines is 1. The van der Waals surface area contributed by atoms with E-state index < -0.39 is 38.2 Å². The molecule has 2 aliphatic rings. The number of piperazine rings is 1. The van der Waals surface area contributed by atoms with E-state index in [0.29, 0.717) is 43.1 Å². The maximum atomic E-state index is 14.1. The third-order valence-corrected chi connectivity index (χ3v) is 9.96. The number of nitro groups is 1. The summed E-state index contributed by atoms with van der Waals surface area (Å²) in [7, 11) is -4.11. The van der Waals surface area contributed by atoms with Crippen molar-refractivity contribution in [2.75, 3.05) is 44.6 Å². The first-order valence-electron chi connectivity index (χ1n) is 14.8. The minimum absolute atomic E-state index is 0.106. The van der Waals surface area contributed by atoms with Crippen LogP contribution in [0.3, 0.4) is 0 Å². The van der Waals surface area contributed by atoms with Crippen LogP contribution in [-0.2, 0) is 14.8 Å². The van der Waals surface area contributed by atoms with Crippen LogP contribution in [0.4, 0.5) is 20.2 Å². The molecule has 16 heteroatoms. The molecule has 47 heavy (non-hydrogen) atoms. The molecule has 4 aromatic rings. The summed E-state index contributed by atoms with van der Waals surface area (Å²) in [5.74, 6) is -2.04. The summed E-state index contributed by atoms with van der Waals surface area (Å²) in [6.07, 6.45) is 0.624. The van der Waals surface area contributed by atoms with Gasteiger partial charge in [0.05, 0.1) is 28.9 Å². The van der Waals surface area contributed by atoms with Crippen molar-refractivity contribution in [3.63, 3.8) is 0 Å². The van der Waals surface area contributed by atoms with E-state index in [-0.39, 0.29) is 47.8 Å². The van der Waals surface area contributed by atoms with E-state index in [0.717, 1.165) is 12.1 Å². The number of carbonyl (C=O) groups excluding carboxylic acids is 1. The van der Waals surface area contributed by atoms with Crippen LogP contribution in [0, 0.1) is 21.7 Å². The fraction of sp³-hybridized carbons (Fsp3) is 0.290. The fourth-order valence-corrected chi connectivity index (χ4v) is 7.38. The number of nitrogens with zero attached hydrogens (tertiary/aromatic N) is 5. The molecule has 3 aromatic carbocycles. The first-order chi connectivity index (χ1) is 22.6. The SMILES string of the molecule is CCOC(=O)c1c2c(nn1-c1ccc(Oc3ccc(F)cc3F)cc1)[C@H](N1CCN(S(=O)(=O)c3ccccc3[N+](=O)[O-])CC1)CCN2. The van der Waals surface area contributed by atoms with Gasteiger partial charge in [-0.3, -0.25) is 15.0 Å². The zero-order valence-corrected chi connectivity index (χ0v) is 26.0. The molecule has 1 N–H and O–H groups in total. The number of hydrogen-bond acceptors (Lipinski definition) is 10. The Morgan fingerprint density at radius 1 is 1.06 bits per heavy atom. The average molecular weight is 669 g/mol. The lowest BCUT2D eigenvalue weighted by Crippen LogP contribution is -2.50. The van der Waals surface area contributed by atoms with Crippen molar-refractivity contribution in [2.24, 2.45) is 0 Å². The first kappa shape index (κ1) is 32.0. The van der Waals surface area contributed by atoms with E-state index in [9.17, 15) is 32.1 Å². The van der Waals surface area contributed by atoms with Crippen molar-refractivity contribution < 1.29 is 36.4 Å². The number of halogens is 2. The quantitative estimate of drug-likeness (QED) is 0.148. The highest BCUT2D eigenvalue weighted by Crippen LogP contribution is 2.39. The normalized spacial score (nSPS) is 17.0. The van der Waals surface area contributed by atoms with Gasteiger partial charge >= 0.3 is 5.97 Å². The predicted octanol–water partition coefficient (Wildman–Crippen LogP) is 4.89. The predicted molar refractivity (Wildman–Crippen MR) is 165 cm³/mol. The molecule has 0 saturated carbocycles. The van der Waals surface area contributed by atoms with Crippen LogP contribution in [0.2, 0.25) is 0 Å². The summed E-state index contributed by atoms with van der Waals surface area (Å²) >= 11 is 0. The van der Waals surface area contributed by atoms with Gasteiger partial charge in [-0.1, -0.05) is 12.1 Å². The zero-order valence-electron chi connectivity index (χ0n) is 25.1. The number of fused-ring (bicyclic) bond motifs is 1.